The van der Waals surface area contributed by atoms with Crippen LogP contribution in [0, 0.1) is 0 Å². The number of amides is 2. The third-order valence-corrected chi connectivity index (χ3v) is 5.36. The first kappa shape index (κ1) is 19.7. The van der Waals surface area contributed by atoms with E-state index in [0.717, 1.165) is 17.8 Å². The molecule has 0 fully saturated rings. The number of anilines is 1. The Kier molecular flexibility index (Phi) is 5.52. The Morgan fingerprint density at radius 2 is 1.73 bits per heavy atom. The minimum Gasteiger partial charge on any atom is -0.497 e. The first-order chi connectivity index (χ1) is 14.6. The third kappa shape index (κ3) is 3.66. The fourth-order valence-electron chi connectivity index (χ4n) is 3.87. The molecule has 1 N–H and O–H groups in total. The molecule has 3 aromatic rings. The van der Waals surface area contributed by atoms with Crippen LogP contribution in [0.3, 0.4) is 0 Å². The lowest BCUT2D eigenvalue weighted by molar-refractivity contribution is 0.180. The van der Waals surface area contributed by atoms with Crippen LogP contribution in [-0.4, -0.2) is 43.4 Å². The average Bonchev–Trinajstić information content (AvgIpc) is 3.27. The number of carbonyl (C=O) groups excluding carboxylic acids is 1. The predicted molar refractivity (Wildman–Crippen MR) is 115 cm³/mol. The SMILES string of the molecule is COc1cccc(NC(=O)N2CCn3cccc3[C@@H]2c2ccc(OC)cc2OC)c1. The highest BCUT2D eigenvalue weighted by Crippen LogP contribution is 2.39. The van der Waals surface area contributed by atoms with Gasteiger partial charge in [-0.2, -0.15) is 0 Å². The number of carbonyl (C=O) groups is 1. The summed E-state index contributed by atoms with van der Waals surface area (Å²) in [4.78, 5) is 15.1. The second kappa shape index (κ2) is 8.41. The molecule has 0 saturated carbocycles. The molecule has 0 aliphatic carbocycles. The number of nitrogens with zero attached hydrogens (tertiary/aromatic N) is 2. The molecule has 4 rings (SSSR count). The van der Waals surface area contributed by atoms with Gasteiger partial charge in [0.25, 0.3) is 0 Å². The number of hydrogen-bond donors (Lipinski definition) is 1. The third-order valence-electron chi connectivity index (χ3n) is 5.36. The zero-order valence-electron chi connectivity index (χ0n) is 17.3. The number of ether oxygens (including phenoxy) is 3. The van der Waals surface area contributed by atoms with Gasteiger partial charge in [0.2, 0.25) is 0 Å². The van der Waals surface area contributed by atoms with Crippen molar-refractivity contribution in [1.82, 2.24) is 9.47 Å². The zero-order chi connectivity index (χ0) is 21.1. The van der Waals surface area contributed by atoms with Crippen molar-refractivity contribution in [3.05, 3.63) is 72.1 Å². The largest absolute Gasteiger partial charge is 0.497 e. The molecule has 30 heavy (non-hydrogen) atoms. The second-order valence-corrected chi connectivity index (χ2v) is 6.99. The summed E-state index contributed by atoms with van der Waals surface area (Å²) in [5.74, 6) is 2.07. The van der Waals surface area contributed by atoms with Crippen LogP contribution in [-0.2, 0) is 6.54 Å². The molecule has 1 aromatic heterocycles. The van der Waals surface area contributed by atoms with E-state index in [4.69, 9.17) is 14.2 Å². The maximum absolute atomic E-state index is 13.3. The Hall–Kier alpha value is -3.61. The Morgan fingerprint density at radius 3 is 2.50 bits per heavy atom. The van der Waals surface area contributed by atoms with Crippen LogP contribution in [0.25, 0.3) is 0 Å². The summed E-state index contributed by atoms with van der Waals surface area (Å²) in [5.41, 5.74) is 2.62. The molecule has 0 bridgehead atoms. The molecule has 7 nitrogen and oxygen atoms in total. The van der Waals surface area contributed by atoms with Crippen LogP contribution in [0.4, 0.5) is 10.5 Å². The van der Waals surface area contributed by atoms with E-state index >= 15 is 0 Å². The van der Waals surface area contributed by atoms with Gasteiger partial charge >= 0.3 is 6.03 Å². The first-order valence-electron chi connectivity index (χ1n) is 9.73. The van der Waals surface area contributed by atoms with E-state index in [1.807, 2.05) is 59.6 Å². The van der Waals surface area contributed by atoms with Crippen molar-refractivity contribution in [2.75, 3.05) is 33.2 Å². The predicted octanol–water partition coefficient (Wildman–Crippen LogP) is 4.15. The van der Waals surface area contributed by atoms with Crippen molar-refractivity contribution in [2.45, 2.75) is 12.6 Å². The average molecular weight is 407 g/mol. The summed E-state index contributed by atoms with van der Waals surface area (Å²) in [6.07, 6.45) is 2.04. The van der Waals surface area contributed by atoms with Crippen LogP contribution in [0.2, 0.25) is 0 Å². The van der Waals surface area contributed by atoms with Gasteiger partial charge in [-0.3, -0.25) is 0 Å². The van der Waals surface area contributed by atoms with Crippen molar-refractivity contribution >= 4 is 11.7 Å². The minimum atomic E-state index is -0.291. The molecule has 7 heteroatoms. The van der Waals surface area contributed by atoms with Gasteiger partial charge in [-0.25, -0.2) is 4.79 Å². The van der Waals surface area contributed by atoms with Crippen molar-refractivity contribution in [1.29, 1.82) is 0 Å². The van der Waals surface area contributed by atoms with Crippen LogP contribution in [0.15, 0.2) is 60.8 Å². The summed E-state index contributed by atoms with van der Waals surface area (Å²) in [7, 11) is 4.85. The highest BCUT2D eigenvalue weighted by molar-refractivity contribution is 5.90. The molecule has 0 spiro atoms. The van der Waals surface area contributed by atoms with E-state index in [1.54, 1.807) is 27.4 Å². The highest BCUT2D eigenvalue weighted by atomic mass is 16.5. The lowest BCUT2D eigenvalue weighted by Gasteiger charge is -2.37. The van der Waals surface area contributed by atoms with E-state index in [9.17, 15) is 4.79 Å². The van der Waals surface area contributed by atoms with E-state index in [1.165, 1.54) is 0 Å². The van der Waals surface area contributed by atoms with Gasteiger partial charge in [0.15, 0.2) is 0 Å². The first-order valence-corrected chi connectivity index (χ1v) is 9.73. The summed E-state index contributed by atoms with van der Waals surface area (Å²) in [6, 6.07) is 16.6. The smallest absolute Gasteiger partial charge is 0.322 e. The lowest BCUT2D eigenvalue weighted by Crippen LogP contribution is -2.44. The molecule has 2 aromatic carbocycles. The normalized spacial score (nSPS) is 15.3. The number of nitrogens with one attached hydrogen (secondary N) is 1. The quantitative estimate of drug-likeness (QED) is 0.690. The van der Waals surface area contributed by atoms with Gasteiger partial charge in [0, 0.05) is 48.4 Å². The minimum absolute atomic E-state index is 0.182. The molecule has 1 aliphatic rings. The van der Waals surface area contributed by atoms with Gasteiger partial charge < -0.3 is 29.0 Å². The number of fused-ring (bicyclic) bond motifs is 1. The van der Waals surface area contributed by atoms with Gasteiger partial charge in [0.05, 0.1) is 21.3 Å². The molecular weight excluding hydrogens is 382 g/mol. The summed E-state index contributed by atoms with van der Waals surface area (Å²) < 4.78 is 18.4. The fraction of sp³-hybridized carbons (Fsp3) is 0.261. The molecule has 1 atom stereocenters. The van der Waals surface area contributed by atoms with E-state index in [2.05, 4.69) is 9.88 Å². The fourth-order valence-corrected chi connectivity index (χ4v) is 3.87. The number of aromatic nitrogens is 1. The van der Waals surface area contributed by atoms with Crippen LogP contribution < -0.4 is 19.5 Å². The Bertz CT molecular complexity index is 1050. The van der Waals surface area contributed by atoms with Crippen molar-refractivity contribution in [3.63, 3.8) is 0 Å². The van der Waals surface area contributed by atoms with E-state index in [-0.39, 0.29) is 12.1 Å². The topological polar surface area (TPSA) is 65.0 Å². The molecule has 0 saturated heterocycles. The molecule has 156 valence electrons. The van der Waals surface area contributed by atoms with E-state index in [0.29, 0.717) is 29.5 Å². The van der Waals surface area contributed by atoms with Gasteiger partial charge in [-0.05, 0) is 36.4 Å². The molecule has 1 aliphatic heterocycles. The zero-order valence-corrected chi connectivity index (χ0v) is 17.3. The standard InChI is InChI=1S/C23H25N3O4/c1-28-17-7-4-6-16(14-17)24-23(27)26-13-12-25-11-5-8-20(25)22(26)19-10-9-18(29-2)15-21(19)30-3/h4-11,14-15,22H,12-13H2,1-3H3,(H,24,27)/t22-/m0/s1. The lowest BCUT2D eigenvalue weighted by atomic mass is 9.99. The Labute approximate surface area is 175 Å². The summed E-state index contributed by atoms with van der Waals surface area (Å²) >= 11 is 0. The Morgan fingerprint density at radius 1 is 0.933 bits per heavy atom. The molecule has 0 unspecified atom stereocenters. The van der Waals surface area contributed by atoms with Crippen molar-refractivity contribution in [3.8, 4) is 17.2 Å². The molecular formula is C23H25N3O4. The molecule has 2 amide bonds. The number of rotatable bonds is 5. The number of methoxy groups -OCH3 is 3. The second-order valence-electron chi connectivity index (χ2n) is 6.99. The monoisotopic (exact) mass is 407 g/mol. The molecule has 2 heterocycles. The number of benzene rings is 2. The Balaban J connectivity index is 1.71. The van der Waals surface area contributed by atoms with Crippen LogP contribution in [0.1, 0.15) is 17.3 Å². The van der Waals surface area contributed by atoms with Gasteiger partial charge in [-0.15, -0.1) is 0 Å². The van der Waals surface area contributed by atoms with Crippen molar-refractivity contribution in [2.24, 2.45) is 0 Å². The highest BCUT2D eigenvalue weighted by Gasteiger charge is 2.34. The maximum atomic E-state index is 13.3. The summed E-state index contributed by atoms with van der Waals surface area (Å²) in [6.45, 7) is 1.29. The number of hydrogen-bond acceptors (Lipinski definition) is 4. The van der Waals surface area contributed by atoms with Crippen molar-refractivity contribution < 1.29 is 19.0 Å². The van der Waals surface area contributed by atoms with Gasteiger partial charge in [0.1, 0.15) is 23.3 Å². The maximum Gasteiger partial charge on any atom is 0.322 e. The molecule has 0 radical (unpaired) electrons. The van der Waals surface area contributed by atoms with E-state index < -0.39 is 0 Å². The van der Waals surface area contributed by atoms with Gasteiger partial charge in [-0.1, -0.05) is 6.07 Å². The summed E-state index contributed by atoms with van der Waals surface area (Å²) in [5, 5.41) is 3.00. The van der Waals surface area contributed by atoms with Crippen LogP contribution >= 0.6 is 0 Å². The number of urea groups is 1. The van der Waals surface area contributed by atoms with Crippen LogP contribution in [0.5, 0.6) is 17.2 Å².